The van der Waals surface area contributed by atoms with E-state index >= 15 is 0 Å². The summed E-state index contributed by atoms with van der Waals surface area (Å²) in [7, 11) is 0. The molecule has 0 saturated heterocycles. The molecular weight excluding hydrogens is 520 g/mol. The molecule has 13 heteroatoms. The van der Waals surface area contributed by atoms with Gasteiger partial charge in [-0.2, -0.15) is 23.4 Å². The zero-order valence-electron chi connectivity index (χ0n) is 19.8. The van der Waals surface area contributed by atoms with Gasteiger partial charge >= 0.3 is 18.2 Å². The summed E-state index contributed by atoms with van der Waals surface area (Å²) in [5.41, 5.74) is 3.38. The van der Waals surface area contributed by atoms with Crippen molar-refractivity contribution in [2.24, 2.45) is 5.10 Å². The summed E-state index contributed by atoms with van der Waals surface area (Å²) in [5, 5.41) is 19.7. The fraction of sp³-hybridized carbons (Fsp3) is 0.115. The zero-order valence-corrected chi connectivity index (χ0v) is 19.8. The molecule has 1 aliphatic rings. The van der Waals surface area contributed by atoms with Crippen molar-refractivity contribution in [3.63, 3.8) is 0 Å². The van der Waals surface area contributed by atoms with Crippen LogP contribution in [-0.2, 0) is 4.79 Å². The van der Waals surface area contributed by atoms with E-state index in [1.807, 2.05) is 24.3 Å². The lowest BCUT2D eigenvalue weighted by Gasteiger charge is -2.22. The molecule has 0 radical (unpaired) electrons. The van der Waals surface area contributed by atoms with Gasteiger partial charge in [-0.1, -0.05) is 24.1 Å². The van der Waals surface area contributed by atoms with Gasteiger partial charge in [-0.15, -0.1) is 0 Å². The number of carbonyl (C=O) groups is 2. The van der Waals surface area contributed by atoms with Crippen molar-refractivity contribution in [3.8, 4) is 11.8 Å². The van der Waals surface area contributed by atoms with Crippen molar-refractivity contribution in [2.45, 2.75) is 18.6 Å². The number of benzene rings is 2. The van der Waals surface area contributed by atoms with Crippen LogP contribution >= 0.6 is 0 Å². The molecule has 9 nitrogen and oxygen atoms in total. The van der Waals surface area contributed by atoms with Crippen molar-refractivity contribution < 1.29 is 32.3 Å². The van der Waals surface area contributed by atoms with Gasteiger partial charge in [0.1, 0.15) is 11.5 Å². The van der Waals surface area contributed by atoms with Gasteiger partial charge in [0.05, 0.1) is 12.2 Å². The second-order valence-electron chi connectivity index (χ2n) is 7.95. The van der Waals surface area contributed by atoms with Crippen LogP contribution in [-0.4, -0.2) is 49.1 Å². The minimum atomic E-state index is -5.08. The number of halogens is 4. The molecule has 0 aliphatic carbocycles. The van der Waals surface area contributed by atoms with Crippen LogP contribution in [0.1, 0.15) is 29.3 Å². The summed E-state index contributed by atoms with van der Waals surface area (Å²) in [4.78, 5) is 26.0. The number of carboxylic acids is 1. The Morgan fingerprint density at radius 2 is 1.82 bits per heavy atom. The van der Waals surface area contributed by atoms with Gasteiger partial charge in [-0.25, -0.2) is 28.5 Å². The summed E-state index contributed by atoms with van der Waals surface area (Å²) in [6.45, 7) is 0. The number of hydrogen-bond donors (Lipinski definition) is 2. The minimum Gasteiger partial charge on any atom is -0.475 e. The maximum Gasteiger partial charge on any atom is 0.490 e. The van der Waals surface area contributed by atoms with Crippen LogP contribution in [0.25, 0.3) is 5.65 Å². The van der Waals surface area contributed by atoms with E-state index in [-0.39, 0.29) is 11.9 Å². The molecular formula is C26H18F4N6O3. The number of urea groups is 1. The monoisotopic (exact) mass is 538 g/mol. The van der Waals surface area contributed by atoms with Crippen molar-refractivity contribution in [1.82, 2.24) is 19.6 Å². The number of aliphatic carboxylic acids is 1. The van der Waals surface area contributed by atoms with Crippen LogP contribution in [0.2, 0.25) is 0 Å². The molecule has 0 saturated carbocycles. The molecule has 0 fully saturated rings. The number of aromatic nitrogens is 3. The molecule has 0 spiro atoms. The zero-order chi connectivity index (χ0) is 28.0. The van der Waals surface area contributed by atoms with Crippen molar-refractivity contribution in [1.29, 1.82) is 0 Å². The Morgan fingerprint density at radius 1 is 1.05 bits per heavy atom. The first kappa shape index (κ1) is 26.8. The number of hydrazone groups is 1. The normalized spacial score (nSPS) is 14.3. The molecule has 0 bridgehead atoms. The summed E-state index contributed by atoms with van der Waals surface area (Å²) in [5.74, 6) is 3.03. The smallest absolute Gasteiger partial charge is 0.475 e. The third-order valence-electron chi connectivity index (χ3n) is 5.24. The number of nitrogens with zero attached hydrogens (tertiary/aromatic N) is 5. The van der Waals surface area contributed by atoms with Crippen molar-refractivity contribution >= 4 is 29.5 Å². The molecule has 2 amide bonds. The Kier molecular flexibility index (Phi) is 7.85. The van der Waals surface area contributed by atoms with Gasteiger partial charge in [0.2, 0.25) is 0 Å². The number of carbonyl (C=O) groups excluding carboxylic acids is 1. The number of rotatable bonds is 2. The van der Waals surface area contributed by atoms with Crippen LogP contribution in [0.5, 0.6) is 0 Å². The molecule has 4 aromatic rings. The molecule has 3 heterocycles. The summed E-state index contributed by atoms with van der Waals surface area (Å²) in [6.07, 6.45) is 0.434. The van der Waals surface area contributed by atoms with Gasteiger partial charge in [0, 0.05) is 30.1 Å². The lowest BCUT2D eigenvalue weighted by molar-refractivity contribution is -0.192. The lowest BCUT2D eigenvalue weighted by Crippen LogP contribution is -2.31. The maximum atomic E-state index is 13.6. The number of carboxylic acid groups (broad SMARTS) is 1. The Labute approximate surface area is 218 Å². The third kappa shape index (κ3) is 6.75. The fourth-order valence-electron chi connectivity index (χ4n) is 3.51. The lowest BCUT2D eigenvalue weighted by atomic mass is 10.0. The Bertz CT molecular complexity index is 1610. The largest absolute Gasteiger partial charge is 0.490 e. The fourth-order valence-corrected chi connectivity index (χ4v) is 3.51. The molecule has 1 aliphatic heterocycles. The van der Waals surface area contributed by atoms with Gasteiger partial charge in [0.25, 0.3) is 0 Å². The summed E-state index contributed by atoms with van der Waals surface area (Å²) < 4.78 is 47.0. The molecule has 2 aromatic carbocycles. The average Bonchev–Trinajstić information content (AvgIpc) is 3.55. The quantitative estimate of drug-likeness (QED) is 0.280. The number of imidazole rings is 1. The number of alkyl halides is 3. The first-order valence-corrected chi connectivity index (χ1v) is 11.2. The second-order valence-corrected chi connectivity index (χ2v) is 7.95. The summed E-state index contributed by atoms with van der Waals surface area (Å²) >= 11 is 0. The van der Waals surface area contributed by atoms with Crippen LogP contribution in [0.3, 0.4) is 0 Å². The predicted octanol–water partition coefficient (Wildman–Crippen LogP) is 4.87. The van der Waals surface area contributed by atoms with Gasteiger partial charge in [-0.05, 0) is 53.9 Å². The standard InChI is InChI=1S/C24H17FN6O.C2HF3O2/c25-19-6-2-5-18(15-19)22-11-13-28-31(22)24(32)29-20-7-1-4-17(14-20)9-10-21-16-26-23-8-3-12-27-30(21)23;3-2(4,5)1(6)7/h1-8,12-16,22H,11H2,(H,29,32);(H,6,7). The van der Waals surface area contributed by atoms with Crippen LogP contribution in [0, 0.1) is 17.7 Å². The van der Waals surface area contributed by atoms with E-state index in [1.165, 1.54) is 17.1 Å². The number of anilines is 1. The second kappa shape index (κ2) is 11.4. The highest BCUT2D eigenvalue weighted by molar-refractivity contribution is 5.91. The molecule has 198 valence electrons. The van der Waals surface area contributed by atoms with Crippen LogP contribution in [0.4, 0.5) is 28.0 Å². The molecule has 1 unspecified atom stereocenters. The Morgan fingerprint density at radius 3 is 2.56 bits per heavy atom. The summed E-state index contributed by atoms with van der Waals surface area (Å²) in [6, 6.07) is 16.3. The topological polar surface area (TPSA) is 112 Å². The highest BCUT2D eigenvalue weighted by atomic mass is 19.4. The van der Waals surface area contributed by atoms with Crippen molar-refractivity contribution in [2.75, 3.05) is 5.32 Å². The van der Waals surface area contributed by atoms with Crippen LogP contribution < -0.4 is 5.32 Å². The van der Waals surface area contributed by atoms with E-state index < -0.39 is 18.2 Å². The molecule has 2 aromatic heterocycles. The SMILES string of the molecule is O=C(Nc1cccc(C#Cc2cnc3cccnn23)c1)N1N=CCC1c1cccc(F)c1.O=C(O)C(F)(F)F. The van der Waals surface area contributed by atoms with Crippen LogP contribution in [0.15, 0.2) is 78.2 Å². The molecule has 5 rings (SSSR count). The Hall–Kier alpha value is -5.25. The molecule has 39 heavy (non-hydrogen) atoms. The Balaban J connectivity index is 0.000000448. The van der Waals surface area contributed by atoms with E-state index in [4.69, 9.17) is 9.90 Å². The van der Waals surface area contributed by atoms with Gasteiger partial charge in [-0.3, -0.25) is 0 Å². The van der Waals surface area contributed by atoms with Gasteiger partial charge < -0.3 is 10.4 Å². The number of amides is 2. The first-order chi connectivity index (χ1) is 18.6. The van der Waals surface area contributed by atoms with Crippen molar-refractivity contribution in [3.05, 3.63) is 95.7 Å². The minimum absolute atomic E-state index is 0.345. The molecule has 1 atom stereocenters. The predicted molar refractivity (Wildman–Crippen MR) is 132 cm³/mol. The molecule has 2 N–H and O–H groups in total. The van der Waals surface area contributed by atoms with E-state index in [2.05, 4.69) is 32.3 Å². The average molecular weight is 538 g/mol. The highest BCUT2D eigenvalue weighted by Crippen LogP contribution is 2.29. The van der Waals surface area contributed by atoms with Gasteiger partial charge in [0.15, 0.2) is 5.65 Å². The number of nitrogens with one attached hydrogen (secondary N) is 1. The van der Waals surface area contributed by atoms with E-state index in [9.17, 15) is 22.4 Å². The third-order valence-corrected chi connectivity index (χ3v) is 5.24. The first-order valence-electron chi connectivity index (χ1n) is 11.2. The number of fused-ring (bicyclic) bond motifs is 1. The van der Waals surface area contributed by atoms with E-state index in [0.29, 0.717) is 23.4 Å². The van der Waals surface area contributed by atoms with E-state index in [0.717, 1.165) is 11.2 Å². The number of hydrogen-bond acceptors (Lipinski definition) is 5. The maximum absolute atomic E-state index is 13.6. The van der Waals surface area contributed by atoms with E-state index in [1.54, 1.807) is 47.4 Å². The highest BCUT2D eigenvalue weighted by Gasteiger charge is 2.38.